The van der Waals surface area contributed by atoms with Crippen LogP contribution in [0.25, 0.3) is 0 Å². The molecule has 0 saturated carbocycles. The maximum absolute atomic E-state index is 13.1. The molecule has 170 valence electrons. The molecule has 33 heavy (non-hydrogen) atoms. The fraction of sp³-hybridized carbons (Fsp3) is 0.250. The highest BCUT2D eigenvalue weighted by Crippen LogP contribution is 2.26. The van der Waals surface area contributed by atoms with Gasteiger partial charge >= 0.3 is 5.97 Å². The Morgan fingerprint density at radius 3 is 2.73 bits per heavy atom. The quantitative estimate of drug-likeness (QED) is 0.419. The van der Waals surface area contributed by atoms with Crippen molar-refractivity contribution >= 4 is 23.5 Å². The lowest BCUT2D eigenvalue weighted by atomic mass is 10.1. The molecule has 4 N–H and O–H groups in total. The Morgan fingerprint density at radius 2 is 2.00 bits per heavy atom. The minimum Gasteiger partial charge on any atom is -0.481 e. The second-order valence-corrected chi connectivity index (χ2v) is 7.88. The van der Waals surface area contributed by atoms with Crippen LogP contribution < -0.4 is 10.6 Å². The highest BCUT2D eigenvalue weighted by molar-refractivity contribution is 5.95. The fourth-order valence-corrected chi connectivity index (χ4v) is 3.83. The standard InChI is InChI=1S/C24H25N5O4/c30-22(31)13-20-24(33)29(11-8-16-4-2-1-3-5-16)15-18-12-17(6-7-19(18)28-20)23(32)27-14-21-25-9-10-26-21/h1-7,9-10,12,20,28H,8,11,13-15H2,(H,25,26)(H,27,32)(H,30,31). The summed E-state index contributed by atoms with van der Waals surface area (Å²) in [5, 5.41) is 15.2. The first-order valence-corrected chi connectivity index (χ1v) is 10.7. The zero-order valence-electron chi connectivity index (χ0n) is 18.0. The van der Waals surface area contributed by atoms with Gasteiger partial charge in [-0.1, -0.05) is 30.3 Å². The molecule has 1 aromatic heterocycles. The number of carbonyl (C=O) groups excluding carboxylic acids is 2. The molecule has 0 radical (unpaired) electrons. The van der Waals surface area contributed by atoms with Crippen LogP contribution in [0.1, 0.15) is 33.7 Å². The summed E-state index contributed by atoms with van der Waals surface area (Å²) < 4.78 is 0. The lowest BCUT2D eigenvalue weighted by Gasteiger charge is -2.24. The molecule has 3 aromatic rings. The number of fused-ring (bicyclic) bond motifs is 1. The number of nitrogens with zero attached hydrogens (tertiary/aromatic N) is 2. The Bertz CT molecular complexity index is 1130. The van der Waals surface area contributed by atoms with Gasteiger partial charge in [0.15, 0.2) is 0 Å². The number of aromatic amines is 1. The zero-order valence-corrected chi connectivity index (χ0v) is 18.0. The number of benzene rings is 2. The summed E-state index contributed by atoms with van der Waals surface area (Å²) >= 11 is 0. The third kappa shape index (κ3) is 5.57. The molecule has 4 rings (SSSR count). The molecule has 1 aliphatic rings. The number of amides is 2. The Labute approximate surface area is 190 Å². The van der Waals surface area contributed by atoms with Crippen molar-refractivity contribution in [1.82, 2.24) is 20.2 Å². The van der Waals surface area contributed by atoms with Crippen LogP contribution in [0.3, 0.4) is 0 Å². The van der Waals surface area contributed by atoms with E-state index in [1.54, 1.807) is 35.5 Å². The van der Waals surface area contributed by atoms with Crippen LogP contribution in [0.4, 0.5) is 5.69 Å². The third-order valence-electron chi connectivity index (χ3n) is 5.53. The highest BCUT2D eigenvalue weighted by Gasteiger charge is 2.31. The minimum absolute atomic E-state index is 0.261. The summed E-state index contributed by atoms with van der Waals surface area (Å²) in [5.74, 6) is -0.939. The topological polar surface area (TPSA) is 127 Å². The molecule has 0 fully saturated rings. The van der Waals surface area contributed by atoms with Crippen molar-refractivity contribution in [3.05, 3.63) is 83.4 Å². The van der Waals surface area contributed by atoms with Crippen molar-refractivity contribution < 1.29 is 19.5 Å². The Kier molecular flexibility index (Phi) is 6.68. The summed E-state index contributed by atoms with van der Waals surface area (Å²) in [6, 6.07) is 14.0. The molecule has 1 unspecified atom stereocenters. The first kappa shape index (κ1) is 22.1. The van der Waals surface area contributed by atoms with E-state index in [0.717, 1.165) is 11.1 Å². The molecule has 1 atom stereocenters. The number of H-pyrrole nitrogens is 1. The average Bonchev–Trinajstić information content (AvgIpc) is 3.30. The maximum Gasteiger partial charge on any atom is 0.305 e. The number of rotatable bonds is 8. The number of anilines is 1. The van der Waals surface area contributed by atoms with E-state index < -0.39 is 12.0 Å². The Hall–Kier alpha value is -4.14. The molecule has 9 heteroatoms. The lowest BCUT2D eigenvalue weighted by Crippen LogP contribution is -2.42. The second kappa shape index (κ2) is 9.99. The molecule has 0 spiro atoms. The molecule has 9 nitrogen and oxygen atoms in total. The van der Waals surface area contributed by atoms with Crippen LogP contribution in [0, 0.1) is 0 Å². The number of hydrogen-bond acceptors (Lipinski definition) is 5. The number of hydrogen-bond donors (Lipinski definition) is 4. The van der Waals surface area contributed by atoms with Crippen molar-refractivity contribution in [1.29, 1.82) is 0 Å². The number of carboxylic acid groups (broad SMARTS) is 1. The van der Waals surface area contributed by atoms with E-state index in [-0.39, 0.29) is 31.3 Å². The van der Waals surface area contributed by atoms with Crippen LogP contribution in [0.15, 0.2) is 60.9 Å². The van der Waals surface area contributed by atoms with E-state index in [0.29, 0.717) is 30.0 Å². The van der Waals surface area contributed by atoms with Crippen LogP contribution in [-0.4, -0.2) is 50.3 Å². The smallest absolute Gasteiger partial charge is 0.305 e. The van der Waals surface area contributed by atoms with Gasteiger partial charge in [0.1, 0.15) is 11.9 Å². The van der Waals surface area contributed by atoms with Gasteiger partial charge in [0, 0.05) is 36.7 Å². The Balaban J connectivity index is 1.54. The van der Waals surface area contributed by atoms with E-state index in [4.69, 9.17) is 0 Å². The summed E-state index contributed by atoms with van der Waals surface area (Å²) in [6.45, 7) is 0.988. The molecule has 2 aromatic carbocycles. The first-order chi connectivity index (χ1) is 16.0. The van der Waals surface area contributed by atoms with E-state index in [1.807, 2.05) is 30.3 Å². The van der Waals surface area contributed by atoms with Crippen molar-refractivity contribution in [3.8, 4) is 0 Å². The van der Waals surface area contributed by atoms with Crippen molar-refractivity contribution in [2.45, 2.75) is 32.0 Å². The predicted octanol–water partition coefficient (Wildman–Crippen LogP) is 2.18. The van der Waals surface area contributed by atoms with Gasteiger partial charge < -0.3 is 25.6 Å². The first-order valence-electron chi connectivity index (χ1n) is 10.7. The van der Waals surface area contributed by atoms with E-state index in [9.17, 15) is 19.5 Å². The number of nitrogens with one attached hydrogen (secondary N) is 3. The van der Waals surface area contributed by atoms with Crippen LogP contribution >= 0.6 is 0 Å². The largest absolute Gasteiger partial charge is 0.481 e. The zero-order chi connectivity index (χ0) is 23.2. The molecule has 2 heterocycles. The molecule has 1 aliphatic heterocycles. The molecule has 0 bridgehead atoms. The van der Waals surface area contributed by atoms with Gasteiger partial charge in [-0.2, -0.15) is 0 Å². The summed E-state index contributed by atoms with van der Waals surface area (Å²) in [7, 11) is 0. The number of carboxylic acids is 1. The summed E-state index contributed by atoms with van der Waals surface area (Å²) in [5.41, 5.74) is 2.95. The third-order valence-corrected chi connectivity index (χ3v) is 5.53. The van der Waals surface area contributed by atoms with E-state index in [1.165, 1.54) is 0 Å². The molecule has 0 saturated heterocycles. The number of aromatic nitrogens is 2. The number of imidazole rings is 1. The monoisotopic (exact) mass is 447 g/mol. The second-order valence-electron chi connectivity index (χ2n) is 7.88. The summed E-state index contributed by atoms with van der Waals surface area (Å²) in [6.07, 6.45) is 3.62. The van der Waals surface area contributed by atoms with Gasteiger partial charge in [0.2, 0.25) is 5.91 Å². The lowest BCUT2D eigenvalue weighted by molar-refractivity contribution is -0.141. The molecular weight excluding hydrogens is 422 g/mol. The van der Waals surface area contributed by atoms with E-state index in [2.05, 4.69) is 20.6 Å². The van der Waals surface area contributed by atoms with Crippen molar-refractivity contribution in [2.24, 2.45) is 0 Å². The van der Waals surface area contributed by atoms with Gasteiger partial charge in [0.25, 0.3) is 5.91 Å². The maximum atomic E-state index is 13.1. The van der Waals surface area contributed by atoms with Crippen LogP contribution in [-0.2, 0) is 29.1 Å². The molecular formula is C24H25N5O4. The van der Waals surface area contributed by atoms with Crippen LogP contribution in [0.5, 0.6) is 0 Å². The van der Waals surface area contributed by atoms with Gasteiger partial charge in [-0.25, -0.2) is 4.98 Å². The molecule has 0 aliphatic carbocycles. The summed E-state index contributed by atoms with van der Waals surface area (Å²) in [4.78, 5) is 45.8. The Morgan fingerprint density at radius 1 is 1.18 bits per heavy atom. The SMILES string of the molecule is O=C(O)CC1Nc2ccc(C(=O)NCc3ncc[nH]3)cc2CN(CCc2ccccc2)C1=O. The molecule has 2 amide bonds. The number of aliphatic carboxylic acids is 1. The van der Waals surface area contributed by atoms with Gasteiger partial charge in [0.05, 0.1) is 13.0 Å². The average molecular weight is 447 g/mol. The highest BCUT2D eigenvalue weighted by atomic mass is 16.4. The normalized spacial score (nSPS) is 15.3. The van der Waals surface area contributed by atoms with E-state index >= 15 is 0 Å². The van der Waals surface area contributed by atoms with Gasteiger partial charge in [-0.15, -0.1) is 0 Å². The predicted molar refractivity (Wildman–Crippen MR) is 121 cm³/mol. The fourth-order valence-electron chi connectivity index (χ4n) is 3.83. The van der Waals surface area contributed by atoms with Gasteiger partial charge in [-0.3, -0.25) is 14.4 Å². The number of carbonyl (C=O) groups is 3. The minimum atomic E-state index is -1.05. The van der Waals surface area contributed by atoms with Crippen molar-refractivity contribution in [3.63, 3.8) is 0 Å². The van der Waals surface area contributed by atoms with Crippen LogP contribution in [0.2, 0.25) is 0 Å². The van der Waals surface area contributed by atoms with Crippen molar-refractivity contribution in [2.75, 3.05) is 11.9 Å². The van der Waals surface area contributed by atoms with Gasteiger partial charge in [-0.05, 0) is 35.7 Å².